The predicted molar refractivity (Wildman–Crippen MR) is 150 cm³/mol. The molecule has 2 aliphatic heterocycles. The van der Waals surface area contributed by atoms with Crippen LogP contribution < -0.4 is 5.32 Å². The van der Waals surface area contributed by atoms with Gasteiger partial charge in [0, 0.05) is 67.1 Å². The van der Waals surface area contributed by atoms with Crippen molar-refractivity contribution in [2.45, 2.75) is 36.7 Å². The summed E-state index contributed by atoms with van der Waals surface area (Å²) in [6, 6.07) is 8.48. The number of hydrogen-bond acceptors (Lipinski definition) is 6. The minimum atomic E-state index is -5.31. The molecule has 2 aromatic carbocycles. The Labute approximate surface area is 250 Å². The van der Waals surface area contributed by atoms with Crippen molar-refractivity contribution in [3.05, 3.63) is 62.6 Å². The van der Waals surface area contributed by atoms with Gasteiger partial charge in [-0.2, -0.15) is 13.2 Å². The first-order valence-electron chi connectivity index (χ1n) is 13.0. The van der Waals surface area contributed by atoms with E-state index in [2.05, 4.69) is 10.2 Å². The number of nitrogens with zero attached hydrogens (tertiary/aromatic N) is 3. The zero-order chi connectivity index (χ0) is 30.1. The van der Waals surface area contributed by atoms with E-state index in [1.54, 1.807) is 25.2 Å². The van der Waals surface area contributed by atoms with Crippen LogP contribution in [0.2, 0.25) is 15.1 Å². The van der Waals surface area contributed by atoms with E-state index in [0.29, 0.717) is 31.5 Å². The van der Waals surface area contributed by atoms with Crippen molar-refractivity contribution in [1.29, 1.82) is 0 Å². The fourth-order valence-electron chi connectivity index (χ4n) is 5.20. The number of benzene rings is 2. The molecule has 2 fully saturated rings. The van der Waals surface area contributed by atoms with Crippen LogP contribution in [-0.4, -0.2) is 101 Å². The minimum absolute atomic E-state index is 0.0461. The van der Waals surface area contributed by atoms with Crippen molar-refractivity contribution < 1.29 is 33.0 Å². The number of amides is 2. The lowest BCUT2D eigenvalue weighted by Crippen LogP contribution is -2.62. The summed E-state index contributed by atoms with van der Waals surface area (Å²) in [5, 5.41) is 22.9. The van der Waals surface area contributed by atoms with Gasteiger partial charge in [0.1, 0.15) is 0 Å². The average molecular weight is 638 g/mol. The topological polar surface area (TPSA) is 96.4 Å². The first kappa shape index (κ1) is 31.7. The van der Waals surface area contributed by atoms with Crippen LogP contribution in [0.5, 0.6) is 0 Å². The molecule has 2 heterocycles. The molecule has 2 aromatic rings. The van der Waals surface area contributed by atoms with Gasteiger partial charge in [-0.1, -0.05) is 34.8 Å². The highest BCUT2D eigenvalue weighted by atomic mass is 35.5. The van der Waals surface area contributed by atoms with Crippen LogP contribution in [0.15, 0.2) is 36.4 Å². The van der Waals surface area contributed by atoms with Gasteiger partial charge < -0.3 is 25.3 Å². The van der Waals surface area contributed by atoms with Crippen LogP contribution >= 0.6 is 34.8 Å². The van der Waals surface area contributed by atoms with Crippen LogP contribution in [0.25, 0.3) is 0 Å². The van der Waals surface area contributed by atoms with E-state index in [1.165, 1.54) is 11.0 Å². The maximum atomic E-state index is 14.1. The molecule has 0 unspecified atom stereocenters. The summed E-state index contributed by atoms with van der Waals surface area (Å²) in [7, 11) is 1.58. The van der Waals surface area contributed by atoms with Gasteiger partial charge in [0.2, 0.25) is 0 Å². The number of likely N-dealkylation sites (N-methyl/N-ethyl adjacent to an activating group) is 1. The fourth-order valence-corrected chi connectivity index (χ4v) is 5.89. The molecule has 4 rings (SSSR count). The van der Waals surface area contributed by atoms with Crippen LogP contribution in [0.4, 0.5) is 18.9 Å². The normalized spacial score (nSPS) is 18.5. The number of aliphatic hydroxyl groups is 2. The van der Waals surface area contributed by atoms with Gasteiger partial charge in [0.25, 0.3) is 17.4 Å². The van der Waals surface area contributed by atoms with Crippen molar-refractivity contribution in [3.63, 3.8) is 0 Å². The van der Waals surface area contributed by atoms with Gasteiger partial charge in [0.15, 0.2) is 0 Å². The standard InChI is InChI=1S/C27H30Cl3F3N4O4/c1-35(10-11-38)24(39)20-4-3-17(13-23(20)30)34-18-14-37(15-18)19-6-8-36(9-7-19)25(40)26(41,27(31,32)33)21-12-16(28)2-5-22(21)29/h2-5,12-13,18-19,34,38,41H,6-11,14-15H2,1H3/t26-/m0/s1. The summed E-state index contributed by atoms with van der Waals surface area (Å²) in [5.41, 5.74) is -3.53. The number of anilines is 1. The number of halogens is 6. The number of aliphatic hydroxyl groups excluding tert-OH is 1. The van der Waals surface area contributed by atoms with E-state index < -0.39 is 28.3 Å². The minimum Gasteiger partial charge on any atom is -0.395 e. The molecule has 0 radical (unpaired) electrons. The van der Waals surface area contributed by atoms with Gasteiger partial charge in [-0.25, -0.2) is 0 Å². The summed E-state index contributed by atoms with van der Waals surface area (Å²) in [6.45, 7) is 1.50. The third kappa shape index (κ3) is 6.55. The third-order valence-corrected chi connectivity index (χ3v) is 8.45. The Morgan fingerprint density at radius 3 is 2.29 bits per heavy atom. The Hall–Kier alpha value is -2.28. The van der Waals surface area contributed by atoms with Crippen LogP contribution in [-0.2, 0) is 10.4 Å². The van der Waals surface area contributed by atoms with Crippen LogP contribution in [0.1, 0.15) is 28.8 Å². The van der Waals surface area contributed by atoms with Crippen molar-refractivity contribution in [2.75, 3.05) is 51.7 Å². The smallest absolute Gasteiger partial charge is 0.395 e. The number of rotatable bonds is 8. The maximum absolute atomic E-state index is 14.1. The monoisotopic (exact) mass is 636 g/mol. The molecule has 2 aliphatic rings. The molecule has 8 nitrogen and oxygen atoms in total. The maximum Gasteiger partial charge on any atom is 0.430 e. The van der Waals surface area contributed by atoms with Crippen LogP contribution in [0.3, 0.4) is 0 Å². The lowest BCUT2D eigenvalue weighted by atomic mass is 9.89. The summed E-state index contributed by atoms with van der Waals surface area (Å²) in [4.78, 5) is 30.1. The molecule has 3 N–H and O–H groups in total. The van der Waals surface area contributed by atoms with E-state index in [4.69, 9.17) is 39.9 Å². The Bertz CT molecular complexity index is 1290. The van der Waals surface area contributed by atoms with E-state index in [-0.39, 0.29) is 54.3 Å². The molecule has 0 aliphatic carbocycles. The first-order valence-corrected chi connectivity index (χ1v) is 14.1. The van der Waals surface area contributed by atoms with E-state index in [1.807, 2.05) is 0 Å². The number of carbonyl (C=O) groups excluding carboxylic acids is 2. The summed E-state index contributed by atoms with van der Waals surface area (Å²) < 4.78 is 42.3. The highest BCUT2D eigenvalue weighted by molar-refractivity contribution is 6.34. The molecule has 2 saturated heterocycles. The molecule has 224 valence electrons. The van der Waals surface area contributed by atoms with Crippen molar-refractivity contribution in [2.24, 2.45) is 0 Å². The highest BCUT2D eigenvalue weighted by Crippen LogP contribution is 2.44. The van der Waals surface area contributed by atoms with E-state index in [9.17, 15) is 27.9 Å². The molecule has 0 aromatic heterocycles. The molecule has 0 spiro atoms. The number of piperidine rings is 1. The first-order chi connectivity index (χ1) is 19.3. The number of carbonyl (C=O) groups is 2. The van der Waals surface area contributed by atoms with Crippen molar-refractivity contribution >= 4 is 52.3 Å². The lowest BCUT2D eigenvalue weighted by molar-refractivity contribution is -0.262. The second-order valence-corrected chi connectivity index (χ2v) is 11.5. The lowest BCUT2D eigenvalue weighted by Gasteiger charge is -2.48. The highest BCUT2D eigenvalue weighted by Gasteiger charge is 2.63. The van der Waals surface area contributed by atoms with Gasteiger partial charge >= 0.3 is 6.18 Å². The SMILES string of the molecule is CN(CCO)C(=O)c1ccc(NC2CN(C3CCN(C(=O)[C@@](O)(c4cc(Cl)ccc4Cl)C(F)(F)F)CC3)C2)cc1Cl. The Balaban J connectivity index is 1.32. The summed E-state index contributed by atoms with van der Waals surface area (Å²) in [5.74, 6) is -1.77. The fraction of sp³-hybridized carbons (Fsp3) is 0.481. The third-order valence-electron chi connectivity index (χ3n) is 7.57. The zero-order valence-corrected chi connectivity index (χ0v) is 24.4. The average Bonchev–Trinajstić information content (AvgIpc) is 2.90. The molecular weight excluding hydrogens is 608 g/mol. The molecule has 1 atom stereocenters. The van der Waals surface area contributed by atoms with E-state index >= 15 is 0 Å². The van der Waals surface area contributed by atoms with E-state index in [0.717, 1.165) is 22.7 Å². The molecule has 0 bridgehead atoms. The number of hydrogen-bond donors (Lipinski definition) is 3. The zero-order valence-electron chi connectivity index (χ0n) is 22.1. The van der Waals surface area contributed by atoms with Gasteiger partial charge in [0.05, 0.1) is 23.2 Å². The summed E-state index contributed by atoms with van der Waals surface area (Å²) >= 11 is 18.1. The number of alkyl halides is 3. The van der Waals surface area contributed by atoms with Gasteiger partial charge in [-0.3, -0.25) is 14.5 Å². The molecular formula is C27H30Cl3F3N4O4. The number of likely N-dealkylation sites (tertiary alicyclic amines) is 2. The quantitative estimate of drug-likeness (QED) is 0.401. The Morgan fingerprint density at radius 1 is 1.05 bits per heavy atom. The molecule has 41 heavy (non-hydrogen) atoms. The molecule has 0 saturated carbocycles. The second-order valence-electron chi connectivity index (χ2n) is 10.3. The van der Waals surface area contributed by atoms with Crippen molar-refractivity contribution in [1.82, 2.24) is 14.7 Å². The van der Waals surface area contributed by atoms with Gasteiger partial charge in [-0.15, -0.1) is 0 Å². The Morgan fingerprint density at radius 2 is 1.71 bits per heavy atom. The van der Waals surface area contributed by atoms with Crippen molar-refractivity contribution in [3.8, 4) is 0 Å². The Kier molecular flexibility index (Phi) is 9.67. The molecule has 2 amide bonds. The predicted octanol–water partition coefficient (Wildman–Crippen LogP) is 4.25. The summed E-state index contributed by atoms with van der Waals surface area (Å²) in [6.07, 6.45) is -4.42. The van der Waals surface area contributed by atoms with Gasteiger partial charge in [-0.05, 0) is 49.2 Å². The van der Waals surface area contributed by atoms with Crippen LogP contribution in [0, 0.1) is 0 Å². The second kappa shape index (κ2) is 12.5. The number of nitrogens with one attached hydrogen (secondary N) is 1. The largest absolute Gasteiger partial charge is 0.430 e. The molecule has 14 heteroatoms.